The van der Waals surface area contributed by atoms with Crippen LogP contribution in [-0.4, -0.2) is 41.7 Å². The van der Waals surface area contributed by atoms with Gasteiger partial charge < -0.3 is 10.1 Å². The fraction of sp³-hybridized carbons (Fsp3) is 0.500. The molecule has 0 unspecified atom stereocenters. The Labute approximate surface area is 165 Å². The maximum absolute atomic E-state index is 12.4. The van der Waals surface area contributed by atoms with Crippen LogP contribution in [0.5, 0.6) is 5.75 Å². The number of fused-ring (bicyclic) bond motifs is 1. The molecule has 4 rings (SSSR count). The second kappa shape index (κ2) is 6.92. The lowest BCUT2D eigenvalue weighted by atomic mass is 9.86. The van der Waals surface area contributed by atoms with Crippen LogP contribution < -0.4 is 10.1 Å². The highest BCUT2D eigenvalue weighted by Gasteiger charge is 2.37. The van der Waals surface area contributed by atoms with E-state index in [2.05, 4.69) is 10.4 Å². The molecule has 2 aromatic rings. The van der Waals surface area contributed by atoms with Crippen molar-refractivity contribution in [1.29, 1.82) is 0 Å². The lowest BCUT2D eigenvalue weighted by Gasteiger charge is -2.25. The number of rotatable bonds is 4. The van der Waals surface area contributed by atoms with Crippen LogP contribution in [0.2, 0.25) is 0 Å². The molecule has 0 aliphatic carbocycles. The predicted octanol–water partition coefficient (Wildman–Crippen LogP) is 2.81. The van der Waals surface area contributed by atoms with Crippen molar-refractivity contribution in [3.8, 4) is 5.75 Å². The molecule has 0 radical (unpaired) electrons. The molecule has 8 heteroatoms. The number of hydrogen-bond acceptors (Lipinski definition) is 5. The van der Waals surface area contributed by atoms with Crippen LogP contribution in [0.1, 0.15) is 55.5 Å². The Morgan fingerprint density at radius 3 is 2.57 bits per heavy atom. The van der Waals surface area contributed by atoms with Gasteiger partial charge in [0.2, 0.25) is 5.91 Å². The number of aromatic nitrogens is 2. The molecular weight excluding hydrogens is 378 g/mol. The molecule has 2 aliphatic rings. The molecule has 2 aliphatic heterocycles. The molecule has 1 N–H and O–H groups in total. The Hall–Kier alpha value is -2.35. The SMILES string of the molecule is Cc1nn([C@@H]2CCS(=O)(=O)C2)c2c1[C@@H](c1ccc(OC(C)C)cc1)CC(=O)N2. The summed E-state index contributed by atoms with van der Waals surface area (Å²) in [4.78, 5) is 12.4. The van der Waals surface area contributed by atoms with Crippen molar-refractivity contribution in [1.82, 2.24) is 9.78 Å². The van der Waals surface area contributed by atoms with Gasteiger partial charge in [-0.05, 0) is 44.9 Å². The Morgan fingerprint density at radius 2 is 1.96 bits per heavy atom. The van der Waals surface area contributed by atoms with Crippen LogP contribution in [0.15, 0.2) is 24.3 Å². The quantitative estimate of drug-likeness (QED) is 0.848. The van der Waals surface area contributed by atoms with Crippen molar-refractivity contribution in [3.63, 3.8) is 0 Å². The molecular formula is C20H25N3O4S. The summed E-state index contributed by atoms with van der Waals surface area (Å²) in [5, 5.41) is 7.55. The van der Waals surface area contributed by atoms with E-state index in [1.165, 1.54) is 0 Å². The smallest absolute Gasteiger partial charge is 0.226 e. The minimum atomic E-state index is -3.04. The van der Waals surface area contributed by atoms with E-state index in [0.717, 1.165) is 22.6 Å². The molecule has 28 heavy (non-hydrogen) atoms. The van der Waals surface area contributed by atoms with E-state index < -0.39 is 9.84 Å². The minimum Gasteiger partial charge on any atom is -0.491 e. The monoisotopic (exact) mass is 403 g/mol. The van der Waals surface area contributed by atoms with Crippen molar-refractivity contribution in [2.24, 2.45) is 0 Å². The van der Waals surface area contributed by atoms with Crippen LogP contribution in [0.25, 0.3) is 0 Å². The molecule has 7 nitrogen and oxygen atoms in total. The van der Waals surface area contributed by atoms with E-state index in [4.69, 9.17) is 4.74 Å². The molecule has 150 valence electrons. The molecule has 2 atom stereocenters. The fourth-order valence-electron chi connectivity index (χ4n) is 4.14. The van der Waals surface area contributed by atoms with Crippen molar-refractivity contribution in [2.45, 2.75) is 51.7 Å². The van der Waals surface area contributed by atoms with Crippen LogP contribution in [-0.2, 0) is 14.6 Å². The number of nitrogens with zero attached hydrogens (tertiary/aromatic N) is 2. The van der Waals surface area contributed by atoms with Crippen molar-refractivity contribution in [3.05, 3.63) is 41.1 Å². The normalized spacial score (nSPS) is 23.5. The van der Waals surface area contributed by atoms with Crippen LogP contribution in [0, 0.1) is 6.92 Å². The van der Waals surface area contributed by atoms with Gasteiger partial charge in [-0.2, -0.15) is 5.10 Å². The van der Waals surface area contributed by atoms with Gasteiger partial charge in [-0.25, -0.2) is 13.1 Å². The molecule has 0 spiro atoms. The lowest BCUT2D eigenvalue weighted by molar-refractivity contribution is -0.116. The van der Waals surface area contributed by atoms with Crippen molar-refractivity contribution in [2.75, 3.05) is 16.8 Å². The van der Waals surface area contributed by atoms with Gasteiger partial charge >= 0.3 is 0 Å². The summed E-state index contributed by atoms with van der Waals surface area (Å²) >= 11 is 0. The van der Waals surface area contributed by atoms with Crippen LogP contribution in [0.3, 0.4) is 0 Å². The number of carbonyl (C=O) groups excluding carboxylic acids is 1. The third kappa shape index (κ3) is 3.53. The standard InChI is InChI=1S/C20H25N3O4S/c1-12(2)27-16-6-4-14(5-7-16)17-10-18(24)21-20-19(17)13(3)22-23(20)15-8-9-28(25,26)11-15/h4-7,12,15,17H,8-11H2,1-3H3,(H,21,24)/t15-,17-/m1/s1. The van der Waals surface area contributed by atoms with Gasteiger partial charge in [0.05, 0.1) is 29.3 Å². The first-order valence-electron chi connectivity index (χ1n) is 9.59. The molecule has 1 aromatic heterocycles. The van der Waals surface area contributed by atoms with Gasteiger partial charge in [0.15, 0.2) is 9.84 Å². The van der Waals surface area contributed by atoms with Gasteiger partial charge in [0, 0.05) is 17.9 Å². The fourth-order valence-corrected chi connectivity index (χ4v) is 5.83. The number of carbonyl (C=O) groups is 1. The topological polar surface area (TPSA) is 90.3 Å². The van der Waals surface area contributed by atoms with Crippen molar-refractivity contribution < 1.29 is 17.9 Å². The highest BCUT2D eigenvalue weighted by Crippen LogP contribution is 2.41. The average molecular weight is 404 g/mol. The Kier molecular flexibility index (Phi) is 4.69. The second-order valence-corrected chi connectivity index (χ2v) is 10.1. The zero-order chi connectivity index (χ0) is 20.1. The first-order valence-corrected chi connectivity index (χ1v) is 11.4. The number of aryl methyl sites for hydroxylation is 1. The Morgan fingerprint density at radius 1 is 1.25 bits per heavy atom. The van der Waals surface area contributed by atoms with E-state index in [9.17, 15) is 13.2 Å². The maximum Gasteiger partial charge on any atom is 0.226 e. The van der Waals surface area contributed by atoms with Crippen LogP contribution >= 0.6 is 0 Å². The minimum absolute atomic E-state index is 0.0718. The van der Waals surface area contributed by atoms with Gasteiger partial charge in [-0.15, -0.1) is 0 Å². The summed E-state index contributed by atoms with van der Waals surface area (Å²) in [5.74, 6) is 1.49. The molecule has 1 amide bonds. The summed E-state index contributed by atoms with van der Waals surface area (Å²) in [5.41, 5.74) is 2.82. The first kappa shape index (κ1) is 19.0. The number of amides is 1. The third-order valence-electron chi connectivity index (χ3n) is 5.34. The highest BCUT2D eigenvalue weighted by atomic mass is 32.2. The second-order valence-electron chi connectivity index (χ2n) is 7.89. The van der Waals surface area contributed by atoms with E-state index in [1.54, 1.807) is 4.68 Å². The Bertz CT molecular complexity index is 1010. The number of nitrogens with one attached hydrogen (secondary N) is 1. The molecule has 1 fully saturated rings. The van der Waals surface area contributed by atoms with E-state index in [0.29, 0.717) is 18.7 Å². The third-order valence-corrected chi connectivity index (χ3v) is 7.09. The van der Waals surface area contributed by atoms with Gasteiger partial charge in [0.25, 0.3) is 0 Å². The zero-order valence-electron chi connectivity index (χ0n) is 16.3. The molecule has 3 heterocycles. The predicted molar refractivity (Wildman–Crippen MR) is 107 cm³/mol. The zero-order valence-corrected chi connectivity index (χ0v) is 17.1. The van der Waals surface area contributed by atoms with Gasteiger partial charge in [-0.1, -0.05) is 12.1 Å². The summed E-state index contributed by atoms with van der Waals surface area (Å²) in [7, 11) is -3.04. The van der Waals surface area contributed by atoms with Crippen molar-refractivity contribution >= 4 is 21.6 Å². The molecule has 0 saturated carbocycles. The molecule has 0 bridgehead atoms. The van der Waals surface area contributed by atoms with Gasteiger partial charge in [0.1, 0.15) is 11.6 Å². The van der Waals surface area contributed by atoms with Crippen LogP contribution in [0.4, 0.5) is 5.82 Å². The summed E-state index contributed by atoms with van der Waals surface area (Å²) in [6, 6.07) is 7.59. The van der Waals surface area contributed by atoms with Gasteiger partial charge in [-0.3, -0.25) is 4.79 Å². The summed E-state index contributed by atoms with van der Waals surface area (Å²) in [6.45, 7) is 5.87. The maximum atomic E-state index is 12.4. The number of sulfone groups is 1. The summed E-state index contributed by atoms with van der Waals surface area (Å²) in [6.07, 6.45) is 0.964. The highest BCUT2D eigenvalue weighted by molar-refractivity contribution is 7.91. The molecule has 1 aromatic carbocycles. The lowest BCUT2D eigenvalue weighted by Crippen LogP contribution is -2.26. The Balaban J connectivity index is 1.70. The van der Waals surface area contributed by atoms with E-state index in [-0.39, 0.29) is 35.5 Å². The number of ether oxygens (including phenoxy) is 1. The van der Waals surface area contributed by atoms with E-state index in [1.807, 2.05) is 45.0 Å². The van der Waals surface area contributed by atoms with E-state index >= 15 is 0 Å². The molecule has 1 saturated heterocycles. The number of hydrogen-bond donors (Lipinski definition) is 1. The first-order chi connectivity index (χ1) is 13.2. The number of anilines is 1. The largest absolute Gasteiger partial charge is 0.491 e. The number of benzene rings is 1. The summed E-state index contributed by atoms with van der Waals surface area (Å²) < 4.78 is 31.2. The average Bonchev–Trinajstić information content (AvgIpc) is 3.14.